The van der Waals surface area contributed by atoms with Gasteiger partial charge in [0.05, 0.1) is 24.0 Å². The quantitative estimate of drug-likeness (QED) is 0.361. The maximum Gasteiger partial charge on any atom is 0.247 e. The SMILES string of the molecule is CN(C)CCCOc1ccc(-c2nnc(CSCCOc3ccccc3)o2)cc1Cl. The van der Waals surface area contributed by atoms with Crippen molar-refractivity contribution in [2.24, 2.45) is 0 Å². The second kappa shape index (κ2) is 11.8. The van der Waals surface area contributed by atoms with Crippen LogP contribution in [0.4, 0.5) is 0 Å². The maximum absolute atomic E-state index is 6.35. The molecule has 0 radical (unpaired) electrons. The Morgan fingerprint density at radius 3 is 2.63 bits per heavy atom. The Morgan fingerprint density at radius 2 is 1.87 bits per heavy atom. The largest absolute Gasteiger partial charge is 0.493 e. The summed E-state index contributed by atoms with van der Waals surface area (Å²) in [4.78, 5) is 2.12. The number of halogens is 1. The van der Waals surface area contributed by atoms with E-state index in [1.54, 1.807) is 17.8 Å². The van der Waals surface area contributed by atoms with Gasteiger partial charge in [-0.25, -0.2) is 0 Å². The Kier molecular flexibility index (Phi) is 8.86. The van der Waals surface area contributed by atoms with Crippen molar-refractivity contribution in [1.82, 2.24) is 15.1 Å². The van der Waals surface area contributed by atoms with Gasteiger partial charge in [-0.15, -0.1) is 22.0 Å². The molecule has 0 N–H and O–H groups in total. The number of nitrogens with zero attached hydrogens (tertiary/aromatic N) is 3. The van der Waals surface area contributed by atoms with E-state index in [0.29, 0.717) is 41.5 Å². The highest BCUT2D eigenvalue weighted by Crippen LogP contribution is 2.30. The number of aromatic nitrogens is 2. The van der Waals surface area contributed by atoms with E-state index >= 15 is 0 Å². The van der Waals surface area contributed by atoms with Crippen molar-refractivity contribution >= 4 is 23.4 Å². The fourth-order valence-corrected chi connectivity index (χ4v) is 3.51. The lowest BCUT2D eigenvalue weighted by Crippen LogP contribution is -2.15. The summed E-state index contributed by atoms with van der Waals surface area (Å²) in [6.45, 7) is 2.21. The molecule has 0 bridgehead atoms. The highest BCUT2D eigenvalue weighted by atomic mass is 35.5. The molecule has 1 heterocycles. The third kappa shape index (κ3) is 7.23. The molecule has 0 saturated carbocycles. The molecule has 160 valence electrons. The van der Waals surface area contributed by atoms with Crippen LogP contribution >= 0.6 is 23.4 Å². The normalized spacial score (nSPS) is 11.1. The molecular formula is C22H26ClN3O3S. The number of ether oxygens (including phenoxy) is 2. The minimum absolute atomic E-state index is 0.451. The Balaban J connectivity index is 1.44. The fraction of sp³-hybridized carbons (Fsp3) is 0.364. The molecule has 2 aromatic carbocycles. The van der Waals surface area contributed by atoms with E-state index in [9.17, 15) is 0 Å². The van der Waals surface area contributed by atoms with E-state index in [1.165, 1.54) is 0 Å². The molecule has 0 aliphatic carbocycles. The molecule has 6 nitrogen and oxygen atoms in total. The first-order valence-corrected chi connectivity index (χ1v) is 11.3. The summed E-state index contributed by atoms with van der Waals surface area (Å²) in [5.41, 5.74) is 0.775. The zero-order chi connectivity index (χ0) is 21.2. The summed E-state index contributed by atoms with van der Waals surface area (Å²) in [6, 6.07) is 15.3. The standard InChI is InChI=1S/C22H26ClN3O3S/c1-26(2)11-6-12-28-20-10-9-17(15-19(20)23)22-25-24-21(29-22)16-30-14-13-27-18-7-4-3-5-8-18/h3-5,7-10,15H,6,11-14,16H2,1-2H3. The van der Waals surface area contributed by atoms with Gasteiger partial charge in [-0.05, 0) is 50.8 Å². The topological polar surface area (TPSA) is 60.6 Å². The van der Waals surface area contributed by atoms with Gasteiger partial charge in [0.25, 0.3) is 0 Å². The molecule has 0 amide bonds. The summed E-state index contributed by atoms with van der Waals surface area (Å²) in [5.74, 6) is 4.03. The number of thioether (sulfide) groups is 1. The van der Waals surface area contributed by atoms with Gasteiger partial charge in [0.2, 0.25) is 11.8 Å². The Morgan fingerprint density at radius 1 is 1.03 bits per heavy atom. The summed E-state index contributed by atoms with van der Waals surface area (Å²) in [7, 11) is 4.08. The van der Waals surface area contributed by atoms with Crippen molar-refractivity contribution in [3.8, 4) is 23.0 Å². The molecule has 0 fully saturated rings. The third-order valence-corrected chi connectivity index (χ3v) is 5.32. The molecule has 0 aliphatic heterocycles. The third-order valence-electron chi connectivity index (χ3n) is 4.12. The van der Waals surface area contributed by atoms with Gasteiger partial charge in [-0.1, -0.05) is 29.8 Å². The zero-order valence-electron chi connectivity index (χ0n) is 17.2. The van der Waals surface area contributed by atoms with Crippen LogP contribution in [0.5, 0.6) is 11.5 Å². The first-order valence-electron chi connectivity index (χ1n) is 9.77. The summed E-state index contributed by atoms with van der Waals surface area (Å²) in [6.07, 6.45) is 0.937. The molecule has 0 spiro atoms. The summed E-state index contributed by atoms with van der Waals surface area (Å²) < 4.78 is 17.2. The van der Waals surface area contributed by atoms with E-state index in [-0.39, 0.29) is 0 Å². The second-order valence-corrected chi connectivity index (χ2v) is 8.38. The van der Waals surface area contributed by atoms with Crippen LogP contribution in [0.1, 0.15) is 12.3 Å². The van der Waals surface area contributed by atoms with Gasteiger partial charge >= 0.3 is 0 Å². The Bertz CT molecular complexity index is 906. The van der Waals surface area contributed by atoms with E-state index in [2.05, 4.69) is 15.1 Å². The molecular weight excluding hydrogens is 422 g/mol. The zero-order valence-corrected chi connectivity index (χ0v) is 18.8. The Hall–Kier alpha value is -2.22. The first-order chi connectivity index (χ1) is 14.6. The molecule has 0 aliphatic rings. The van der Waals surface area contributed by atoms with E-state index in [0.717, 1.165) is 30.0 Å². The van der Waals surface area contributed by atoms with Gasteiger partial charge in [0.1, 0.15) is 11.5 Å². The monoisotopic (exact) mass is 447 g/mol. The van der Waals surface area contributed by atoms with Crippen molar-refractivity contribution in [3.05, 3.63) is 59.4 Å². The van der Waals surface area contributed by atoms with Crippen LogP contribution in [-0.4, -0.2) is 54.7 Å². The molecule has 3 rings (SSSR count). The van der Waals surface area contributed by atoms with Gasteiger partial charge in [-0.2, -0.15) is 0 Å². The van der Waals surface area contributed by atoms with Crippen molar-refractivity contribution in [1.29, 1.82) is 0 Å². The van der Waals surface area contributed by atoms with Gasteiger partial charge in [0.15, 0.2) is 0 Å². The van der Waals surface area contributed by atoms with Crippen LogP contribution in [0, 0.1) is 0 Å². The van der Waals surface area contributed by atoms with Crippen LogP contribution in [0.2, 0.25) is 5.02 Å². The first kappa shape index (κ1) is 22.5. The van der Waals surface area contributed by atoms with Gasteiger partial charge in [-0.3, -0.25) is 0 Å². The predicted octanol–water partition coefficient (Wildman–Crippen LogP) is 5.03. The maximum atomic E-state index is 6.35. The lowest BCUT2D eigenvalue weighted by molar-refractivity contribution is 0.282. The number of hydrogen-bond acceptors (Lipinski definition) is 7. The summed E-state index contributed by atoms with van der Waals surface area (Å²) >= 11 is 8.04. The lowest BCUT2D eigenvalue weighted by Gasteiger charge is -2.11. The average Bonchev–Trinajstić information content (AvgIpc) is 3.21. The Labute approximate surface area is 186 Å². The van der Waals surface area contributed by atoms with Crippen LogP contribution in [0.25, 0.3) is 11.5 Å². The minimum Gasteiger partial charge on any atom is -0.493 e. The van der Waals surface area contributed by atoms with Gasteiger partial charge < -0.3 is 18.8 Å². The average molecular weight is 448 g/mol. The van der Waals surface area contributed by atoms with Crippen molar-refractivity contribution in [2.45, 2.75) is 12.2 Å². The minimum atomic E-state index is 0.451. The molecule has 0 atom stereocenters. The smallest absolute Gasteiger partial charge is 0.247 e. The highest BCUT2D eigenvalue weighted by Gasteiger charge is 2.11. The van der Waals surface area contributed by atoms with E-state index in [1.807, 2.05) is 56.6 Å². The predicted molar refractivity (Wildman–Crippen MR) is 122 cm³/mol. The lowest BCUT2D eigenvalue weighted by atomic mass is 10.2. The van der Waals surface area contributed by atoms with Crippen LogP contribution in [0.15, 0.2) is 52.9 Å². The second-order valence-electron chi connectivity index (χ2n) is 6.87. The van der Waals surface area contributed by atoms with Crippen molar-refractivity contribution in [2.75, 3.05) is 39.6 Å². The van der Waals surface area contributed by atoms with E-state index < -0.39 is 0 Å². The number of hydrogen-bond donors (Lipinski definition) is 0. The van der Waals surface area contributed by atoms with Crippen molar-refractivity contribution in [3.63, 3.8) is 0 Å². The summed E-state index contributed by atoms with van der Waals surface area (Å²) in [5, 5.41) is 8.78. The van der Waals surface area contributed by atoms with Crippen molar-refractivity contribution < 1.29 is 13.9 Å². The number of rotatable bonds is 12. The van der Waals surface area contributed by atoms with Crippen LogP contribution in [-0.2, 0) is 5.75 Å². The molecule has 3 aromatic rings. The molecule has 8 heteroatoms. The molecule has 1 aromatic heterocycles. The number of benzene rings is 2. The van der Waals surface area contributed by atoms with Crippen LogP contribution < -0.4 is 9.47 Å². The molecule has 0 saturated heterocycles. The molecule has 0 unspecified atom stereocenters. The fourth-order valence-electron chi connectivity index (χ4n) is 2.64. The highest BCUT2D eigenvalue weighted by molar-refractivity contribution is 7.98. The van der Waals surface area contributed by atoms with Gasteiger partial charge in [0, 0.05) is 17.9 Å². The van der Waals surface area contributed by atoms with Crippen LogP contribution in [0.3, 0.4) is 0 Å². The number of para-hydroxylation sites is 1. The molecule has 30 heavy (non-hydrogen) atoms. The van der Waals surface area contributed by atoms with E-state index in [4.69, 9.17) is 25.5 Å².